The molecule has 0 amide bonds. The highest BCUT2D eigenvalue weighted by Gasteiger charge is 2.07. The summed E-state index contributed by atoms with van der Waals surface area (Å²) < 4.78 is 0. The first-order valence-electron chi connectivity index (χ1n) is 4.15. The van der Waals surface area contributed by atoms with Crippen LogP contribution in [0.4, 0.5) is 0 Å². The van der Waals surface area contributed by atoms with E-state index in [4.69, 9.17) is 5.21 Å². The standard InChI is InChI=1S/C10H12N2O2/c1-8(11-13)10(12-14-2)9-6-4-3-5-7-9/h3-7,13H,1-2H3/b11-8-,12-10-. The Morgan fingerprint density at radius 3 is 2.43 bits per heavy atom. The largest absolute Gasteiger partial charge is 0.411 e. The Balaban J connectivity index is 3.08. The molecule has 0 atom stereocenters. The molecule has 0 saturated heterocycles. The van der Waals surface area contributed by atoms with Crippen molar-refractivity contribution in [2.24, 2.45) is 10.3 Å². The van der Waals surface area contributed by atoms with Gasteiger partial charge >= 0.3 is 0 Å². The second-order valence-corrected chi connectivity index (χ2v) is 2.67. The molecule has 1 N–H and O–H groups in total. The number of hydrogen-bond acceptors (Lipinski definition) is 4. The van der Waals surface area contributed by atoms with Gasteiger partial charge in [0, 0.05) is 5.56 Å². The summed E-state index contributed by atoms with van der Waals surface area (Å²) in [5, 5.41) is 15.5. The third kappa shape index (κ3) is 2.32. The van der Waals surface area contributed by atoms with Gasteiger partial charge in [-0.2, -0.15) is 0 Å². The van der Waals surface area contributed by atoms with Crippen molar-refractivity contribution in [3.63, 3.8) is 0 Å². The van der Waals surface area contributed by atoms with Crippen molar-refractivity contribution in [3.8, 4) is 0 Å². The molecular weight excluding hydrogens is 180 g/mol. The van der Waals surface area contributed by atoms with Gasteiger partial charge in [0.2, 0.25) is 0 Å². The first-order valence-corrected chi connectivity index (χ1v) is 4.15. The minimum absolute atomic E-state index is 0.415. The van der Waals surface area contributed by atoms with Crippen LogP contribution in [-0.2, 0) is 4.84 Å². The summed E-state index contributed by atoms with van der Waals surface area (Å²) in [4.78, 5) is 4.68. The quantitative estimate of drug-likeness (QED) is 0.451. The van der Waals surface area contributed by atoms with Crippen molar-refractivity contribution in [2.75, 3.05) is 7.11 Å². The van der Waals surface area contributed by atoms with Crippen LogP contribution < -0.4 is 0 Å². The highest BCUT2D eigenvalue weighted by Crippen LogP contribution is 2.03. The highest BCUT2D eigenvalue weighted by atomic mass is 16.6. The fourth-order valence-electron chi connectivity index (χ4n) is 1.06. The molecule has 0 bridgehead atoms. The van der Waals surface area contributed by atoms with Crippen LogP contribution in [0.15, 0.2) is 40.6 Å². The van der Waals surface area contributed by atoms with Crippen molar-refractivity contribution in [2.45, 2.75) is 6.92 Å². The smallest absolute Gasteiger partial charge is 0.134 e. The SMILES string of the molecule is CO/N=C(/C(C)=N\O)c1ccccc1. The number of rotatable bonds is 3. The van der Waals surface area contributed by atoms with Crippen molar-refractivity contribution < 1.29 is 10.0 Å². The van der Waals surface area contributed by atoms with E-state index in [0.29, 0.717) is 11.4 Å². The summed E-state index contributed by atoms with van der Waals surface area (Å²) >= 11 is 0. The molecule has 0 spiro atoms. The average molecular weight is 192 g/mol. The summed E-state index contributed by atoms with van der Waals surface area (Å²) in [6.07, 6.45) is 0. The first kappa shape index (κ1) is 10.2. The zero-order valence-electron chi connectivity index (χ0n) is 8.14. The molecule has 0 saturated carbocycles. The lowest BCUT2D eigenvalue weighted by Gasteiger charge is -2.02. The third-order valence-corrected chi connectivity index (χ3v) is 1.72. The zero-order chi connectivity index (χ0) is 10.4. The van der Waals surface area contributed by atoms with E-state index in [1.54, 1.807) is 6.92 Å². The topological polar surface area (TPSA) is 54.2 Å². The summed E-state index contributed by atoms with van der Waals surface area (Å²) in [6, 6.07) is 9.40. The maximum atomic E-state index is 8.64. The zero-order valence-corrected chi connectivity index (χ0v) is 8.14. The van der Waals surface area contributed by atoms with E-state index in [1.807, 2.05) is 30.3 Å². The molecule has 74 valence electrons. The van der Waals surface area contributed by atoms with Gasteiger partial charge < -0.3 is 10.0 Å². The lowest BCUT2D eigenvalue weighted by atomic mass is 10.1. The van der Waals surface area contributed by atoms with Crippen LogP contribution in [-0.4, -0.2) is 23.7 Å². The molecule has 4 heteroatoms. The van der Waals surface area contributed by atoms with E-state index in [1.165, 1.54) is 7.11 Å². The van der Waals surface area contributed by atoms with Gasteiger partial charge in [-0.3, -0.25) is 0 Å². The Labute approximate surface area is 82.5 Å². The summed E-state index contributed by atoms with van der Waals surface area (Å²) in [7, 11) is 1.45. The summed E-state index contributed by atoms with van der Waals surface area (Å²) in [6.45, 7) is 1.66. The maximum absolute atomic E-state index is 8.64. The van der Waals surface area contributed by atoms with E-state index >= 15 is 0 Å². The first-order chi connectivity index (χ1) is 6.79. The molecule has 0 aliphatic carbocycles. The Hall–Kier alpha value is -1.84. The van der Waals surface area contributed by atoms with Crippen LogP contribution in [0.5, 0.6) is 0 Å². The highest BCUT2D eigenvalue weighted by molar-refractivity contribution is 6.47. The van der Waals surface area contributed by atoms with Crippen molar-refractivity contribution in [1.82, 2.24) is 0 Å². The molecule has 0 aliphatic heterocycles. The van der Waals surface area contributed by atoms with E-state index in [-0.39, 0.29) is 0 Å². The molecule has 0 fully saturated rings. The molecule has 14 heavy (non-hydrogen) atoms. The maximum Gasteiger partial charge on any atom is 0.134 e. The predicted molar refractivity (Wildman–Crippen MR) is 54.9 cm³/mol. The van der Waals surface area contributed by atoms with Gasteiger partial charge in [-0.25, -0.2) is 0 Å². The Morgan fingerprint density at radius 1 is 1.29 bits per heavy atom. The predicted octanol–water partition coefficient (Wildman–Crippen LogP) is 1.89. The fourth-order valence-corrected chi connectivity index (χ4v) is 1.06. The van der Waals surface area contributed by atoms with Gasteiger partial charge in [-0.1, -0.05) is 40.6 Å². The number of benzene rings is 1. The van der Waals surface area contributed by atoms with Crippen LogP contribution in [0.25, 0.3) is 0 Å². The van der Waals surface area contributed by atoms with Crippen LogP contribution in [0.2, 0.25) is 0 Å². The van der Waals surface area contributed by atoms with E-state index in [9.17, 15) is 0 Å². The lowest BCUT2D eigenvalue weighted by molar-refractivity contribution is 0.214. The fraction of sp³-hybridized carbons (Fsp3) is 0.200. The monoisotopic (exact) mass is 192 g/mol. The average Bonchev–Trinajstić information content (AvgIpc) is 2.26. The molecule has 0 aliphatic rings. The lowest BCUT2D eigenvalue weighted by Crippen LogP contribution is -2.12. The van der Waals surface area contributed by atoms with E-state index in [2.05, 4.69) is 15.1 Å². The van der Waals surface area contributed by atoms with Crippen LogP contribution in [0.1, 0.15) is 12.5 Å². The van der Waals surface area contributed by atoms with Crippen molar-refractivity contribution >= 4 is 11.4 Å². The number of nitrogens with zero attached hydrogens (tertiary/aromatic N) is 2. The van der Waals surface area contributed by atoms with Gasteiger partial charge in [-0.05, 0) is 6.92 Å². The molecule has 1 aromatic carbocycles. The minimum atomic E-state index is 0.415. The Kier molecular flexibility index (Phi) is 3.67. The molecular formula is C10H12N2O2. The Morgan fingerprint density at radius 2 is 1.93 bits per heavy atom. The van der Waals surface area contributed by atoms with E-state index < -0.39 is 0 Å². The van der Waals surface area contributed by atoms with E-state index in [0.717, 1.165) is 5.56 Å². The molecule has 0 unspecified atom stereocenters. The van der Waals surface area contributed by atoms with Gasteiger partial charge in [0.15, 0.2) is 0 Å². The molecule has 4 nitrogen and oxygen atoms in total. The van der Waals surface area contributed by atoms with Crippen LogP contribution in [0, 0.1) is 0 Å². The van der Waals surface area contributed by atoms with Gasteiger partial charge in [0.1, 0.15) is 18.5 Å². The normalized spacial score (nSPS) is 12.7. The third-order valence-electron chi connectivity index (χ3n) is 1.72. The molecule has 1 aromatic rings. The molecule has 0 aromatic heterocycles. The van der Waals surface area contributed by atoms with Gasteiger partial charge in [0.25, 0.3) is 0 Å². The van der Waals surface area contributed by atoms with Crippen LogP contribution in [0.3, 0.4) is 0 Å². The Bertz CT molecular complexity index is 344. The second-order valence-electron chi connectivity index (χ2n) is 2.67. The summed E-state index contributed by atoms with van der Waals surface area (Å²) in [5.74, 6) is 0. The van der Waals surface area contributed by atoms with Crippen molar-refractivity contribution in [1.29, 1.82) is 0 Å². The second kappa shape index (κ2) is 5.01. The number of oxime groups is 2. The summed E-state index contributed by atoms with van der Waals surface area (Å²) in [5.41, 5.74) is 1.79. The van der Waals surface area contributed by atoms with Gasteiger partial charge in [-0.15, -0.1) is 0 Å². The van der Waals surface area contributed by atoms with Crippen molar-refractivity contribution in [3.05, 3.63) is 35.9 Å². The molecule has 0 radical (unpaired) electrons. The molecule has 1 rings (SSSR count). The van der Waals surface area contributed by atoms with Crippen LogP contribution >= 0.6 is 0 Å². The minimum Gasteiger partial charge on any atom is -0.411 e. The number of hydrogen-bond donors (Lipinski definition) is 1. The molecule has 0 heterocycles. The van der Waals surface area contributed by atoms with Gasteiger partial charge in [0.05, 0.1) is 0 Å².